The number of fused-ring (bicyclic) bond motifs is 1. The molecule has 1 amide bonds. The van der Waals surface area contributed by atoms with Gasteiger partial charge in [-0.1, -0.05) is 4.85 Å². The minimum Gasteiger partial charge on any atom is -0.465 e. The van der Waals surface area contributed by atoms with Gasteiger partial charge in [0.2, 0.25) is 0 Å². The van der Waals surface area contributed by atoms with Crippen LogP contribution in [0.2, 0.25) is 0 Å². The summed E-state index contributed by atoms with van der Waals surface area (Å²) in [4.78, 5) is 29.4. The third-order valence-corrected chi connectivity index (χ3v) is 2.60. The molecule has 0 saturated carbocycles. The number of carbonyl (C=O) groups excluding carboxylic acids is 2. The predicted molar refractivity (Wildman–Crippen MR) is 73.6 cm³/mol. The van der Waals surface area contributed by atoms with Crippen LogP contribution in [-0.4, -0.2) is 46.8 Å². The Morgan fingerprint density at radius 2 is 2.14 bits per heavy atom. The van der Waals surface area contributed by atoms with Gasteiger partial charge in [-0.05, 0) is 37.3 Å². The van der Waals surface area contributed by atoms with Crippen LogP contribution < -0.4 is 10.2 Å². The molecule has 112 valence electrons. The summed E-state index contributed by atoms with van der Waals surface area (Å²) in [5.41, 5.74) is 1.38. The zero-order chi connectivity index (χ0) is 15.4. The van der Waals surface area contributed by atoms with E-state index in [1.807, 2.05) is 13.8 Å². The van der Waals surface area contributed by atoms with Crippen molar-refractivity contribution in [3.8, 4) is 0 Å². The molecule has 21 heavy (non-hydrogen) atoms. The van der Waals surface area contributed by atoms with Crippen LogP contribution >= 0.6 is 0 Å². The molecule has 2 rings (SSSR count). The highest BCUT2D eigenvalue weighted by atomic mass is 16.7. The molecule has 1 aromatic heterocycles. The number of aromatic nitrogens is 3. The Kier molecular flexibility index (Phi) is 4.36. The van der Waals surface area contributed by atoms with Crippen LogP contribution in [0, 0.1) is 0 Å². The molecule has 2 aromatic rings. The molecule has 1 heterocycles. The summed E-state index contributed by atoms with van der Waals surface area (Å²) in [7, 11) is 1.30. The van der Waals surface area contributed by atoms with Crippen LogP contribution in [0.4, 0.5) is 0 Å². The number of hydrogen-bond acceptors (Lipinski definition) is 6. The molecular weight excluding hydrogens is 276 g/mol. The SMILES string of the molecule is COC(=O)c1ccc2nnn(OCC(=O)NC(C)C)c2c1. The number of hydrogen-bond donors (Lipinski definition) is 1. The predicted octanol–water partition coefficient (Wildman–Crippen LogP) is 0.171. The van der Waals surface area contributed by atoms with Crippen molar-refractivity contribution in [3.05, 3.63) is 23.8 Å². The van der Waals surface area contributed by atoms with E-state index in [-0.39, 0.29) is 18.6 Å². The molecule has 8 heteroatoms. The van der Waals surface area contributed by atoms with Crippen LogP contribution in [0.3, 0.4) is 0 Å². The van der Waals surface area contributed by atoms with E-state index >= 15 is 0 Å². The molecule has 0 spiro atoms. The standard InChI is InChI=1S/C13H16N4O4/c1-8(2)14-12(18)7-21-17-11-6-9(13(19)20-3)4-5-10(11)15-16-17/h4-6,8H,7H2,1-3H3,(H,14,18). The van der Waals surface area contributed by atoms with E-state index in [0.29, 0.717) is 16.6 Å². The Bertz CT molecular complexity index is 665. The third kappa shape index (κ3) is 3.47. The number of rotatable bonds is 5. The van der Waals surface area contributed by atoms with Crippen molar-refractivity contribution in [3.63, 3.8) is 0 Å². The second-order valence-corrected chi connectivity index (χ2v) is 4.65. The first kappa shape index (κ1) is 14.8. The fourth-order valence-corrected chi connectivity index (χ4v) is 1.72. The van der Waals surface area contributed by atoms with Crippen LogP contribution in [0.15, 0.2) is 18.2 Å². The van der Waals surface area contributed by atoms with Gasteiger partial charge in [-0.25, -0.2) is 4.79 Å². The van der Waals surface area contributed by atoms with Gasteiger partial charge >= 0.3 is 5.97 Å². The average Bonchev–Trinajstić information content (AvgIpc) is 2.85. The molecule has 0 aliphatic carbocycles. The lowest BCUT2D eigenvalue weighted by atomic mass is 10.2. The minimum absolute atomic E-state index is 0.0273. The highest BCUT2D eigenvalue weighted by Crippen LogP contribution is 2.13. The first-order valence-corrected chi connectivity index (χ1v) is 6.37. The molecular formula is C13H16N4O4. The van der Waals surface area contributed by atoms with E-state index in [9.17, 15) is 9.59 Å². The third-order valence-electron chi connectivity index (χ3n) is 2.60. The summed E-state index contributed by atoms with van der Waals surface area (Å²) in [6, 6.07) is 4.78. The fourth-order valence-electron chi connectivity index (χ4n) is 1.72. The van der Waals surface area contributed by atoms with Crippen molar-refractivity contribution < 1.29 is 19.2 Å². The Balaban J connectivity index is 2.16. The van der Waals surface area contributed by atoms with Crippen LogP contribution in [0.5, 0.6) is 0 Å². The van der Waals surface area contributed by atoms with E-state index in [2.05, 4.69) is 20.4 Å². The Labute approximate surface area is 121 Å². The molecule has 1 N–H and O–H groups in total. The molecule has 0 atom stereocenters. The molecule has 0 radical (unpaired) electrons. The number of carbonyl (C=O) groups is 2. The lowest BCUT2D eigenvalue weighted by Gasteiger charge is -2.09. The molecule has 0 aliphatic rings. The number of nitrogens with zero attached hydrogens (tertiary/aromatic N) is 3. The Hall–Kier alpha value is -2.64. The topological polar surface area (TPSA) is 95.3 Å². The van der Waals surface area contributed by atoms with E-state index < -0.39 is 5.97 Å². The molecule has 0 unspecified atom stereocenters. The largest absolute Gasteiger partial charge is 0.465 e. The van der Waals surface area contributed by atoms with Gasteiger partial charge < -0.3 is 14.9 Å². The molecule has 0 saturated heterocycles. The fraction of sp³-hybridized carbons (Fsp3) is 0.385. The van der Waals surface area contributed by atoms with Crippen molar-refractivity contribution in [1.82, 2.24) is 20.5 Å². The van der Waals surface area contributed by atoms with Crippen molar-refractivity contribution in [1.29, 1.82) is 0 Å². The van der Waals surface area contributed by atoms with Gasteiger partial charge in [0, 0.05) is 6.04 Å². The molecule has 0 bridgehead atoms. The number of amides is 1. The minimum atomic E-state index is -0.470. The molecule has 1 aromatic carbocycles. The molecule has 8 nitrogen and oxygen atoms in total. The Morgan fingerprint density at radius 1 is 1.38 bits per heavy atom. The van der Waals surface area contributed by atoms with Gasteiger partial charge in [0.1, 0.15) is 11.0 Å². The lowest BCUT2D eigenvalue weighted by Crippen LogP contribution is -2.36. The summed E-state index contributed by atoms with van der Waals surface area (Å²) in [5, 5.41) is 10.4. The number of benzene rings is 1. The molecule has 0 aliphatic heterocycles. The van der Waals surface area contributed by atoms with Crippen molar-refractivity contribution in [2.24, 2.45) is 0 Å². The second kappa shape index (κ2) is 6.21. The lowest BCUT2D eigenvalue weighted by molar-refractivity contribution is -0.126. The highest BCUT2D eigenvalue weighted by Gasteiger charge is 2.12. The number of esters is 1. The number of methoxy groups -OCH3 is 1. The average molecular weight is 292 g/mol. The number of nitrogens with one attached hydrogen (secondary N) is 1. The maximum Gasteiger partial charge on any atom is 0.337 e. The summed E-state index contributed by atoms with van der Waals surface area (Å²) in [6.45, 7) is 3.51. The maximum absolute atomic E-state index is 11.5. The van der Waals surface area contributed by atoms with E-state index in [1.54, 1.807) is 18.2 Å². The summed E-state index contributed by atoms with van der Waals surface area (Å²) < 4.78 is 4.65. The van der Waals surface area contributed by atoms with E-state index in [0.717, 1.165) is 4.85 Å². The van der Waals surface area contributed by atoms with Crippen molar-refractivity contribution >= 4 is 22.9 Å². The maximum atomic E-state index is 11.5. The zero-order valence-electron chi connectivity index (χ0n) is 12.0. The van der Waals surface area contributed by atoms with Gasteiger partial charge in [0.25, 0.3) is 5.91 Å². The Morgan fingerprint density at radius 3 is 2.81 bits per heavy atom. The van der Waals surface area contributed by atoms with Gasteiger partial charge in [0.15, 0.2) is 6.61 Å². The number of ether oxygens (including phenoxy) is 1. The zero-order valence-corrected chi connectivity index (χ0v) is 12.0. The smallest absolute Gasteiger partial charge is 0.337 e. The first-order chi connectivity index (χ1) is 10.0. The van der Waals surface area contributed by atoms with Gasteiger partial charge in [-0.3, -0.25) is 4.79 Å². The van der Waals surface area contributed by atoms with Crippen LogP contribution in [-0.2, 0) is 9.53 Å². The van der Waals surface area contributed by atoms with E-state index in [1.165, 1.54) is 7.11 Å². The quantitative estimate of drug-likeness (QED) is 0.789. The molecule has 0 fully saturated rings. The first-order valence-electron chi connectivity index (χ1n) is 6.37. The normalized spacial score (nSPS) is 10.7. The second-order valence-electron chi connectivity index (χ2n) is 4.65. The van der Waals surface area contributed by atoms with Crippen LogP contribution in [0.1, 0.15) is 24.2 Å². The van der Waals surface area contributed by atoms with Gasteiger partial charge in [0.05, 0.1) is 12.7 Å². The summed E-state index contributed by atoms with van der Waals surface area (Å²) >= 11 is 0. The highest BCUT2D eigenvalue weighted by molar-refractivity contribution is 5.93. The monoisotopic (exact) mass is 292 g/mol. The van der Waals surface area contributed by atoms with Crippen molar-refractivity contribution in [2.75, 3.05) is 13.7 Å². The van der Waals surface area contributed by atoms with E-state index in [4.69, 9.17) is 4.84 Å². The van der Waals surface area contributed by atoms with Gasteiger partial charge in [-0.2, -0.15) is 0 Å². The summed E-state index contributed by atoms with van der Waals surface area (Å²) in [6.07, 6.45) is 0. The van der Waals surface area contributed by atoms with Crippen LogP contribution in [0.25, 0.3) is 11.0 Å². The van der Waals surface area contributed by atoms with Gasteiger partial charge in [-0.15, -0.1) is 5.10 Å². The van der Waals surface area contributed by atoms with Crippen molar-refractivity contribution in [2.45, 2.75) is 19.9 Å². The summed E-state index contributed by atoms with van der Waals surface area (Å²) in [5.74, 6) is -0.736.